The third-order valence-corrected chi connectivity index (χ3v) is 4.61. The number of hydrogen-bond acceptors (Lipinski definition) is 5. The number of amides is 1. The number of ether oxygens (including phenoxy) is 2. The molecule has 1 fully saturated rings. The number of hydrogen-bond donors (Lipinski definition) is 1. The molecule has 1 aliphatic heterocycles. The highest BCUT2D eigenvalue weighted by molar-refractivity contribution is 5.92. The highest BCUT2D eigenvalue weighted by atomic mass is 16.5. The van der Waals surface area contributed by atoms with Gasteiger partial charge < -0.3 is 14.8 Å². The van der Waals surface area contributed by atoms with Crippen molar-refractivity contribution in [1.82, 2.24) is 20.0 Å². The Morgan fingerprint density at radius 3 is 2.89 bits per heavy atom. The molecule has 1 aliphatic rings. The van der Waals surface area contributed by atoms with Gasteiger partial charge in [-0.05, 0) is 50.1 Å². The Kier molecular flexibility index (Phi) is 6.84. The lowest BCUT2D eigenvalue weighted by Gasteiger charge is -2.26. The molecule has 0 unspecified atom stereocenters. The van der Waals surface area contributed by atoms with Crippen LogP contribution in [0.15, 0.2) is 30.5 Å². The minimum absolute atomic E-state index is 0.150. The summed E-state index contributed by atoms with van der Waals surface area (Å²) < 4.78 is 12.8. The van der Waals surface area contributed by atoms with Crippen molar-refractivity contribution < 1.29 is 14.3 Å². The molecule has 0 bridgehead atoms. The second-order valence-electron chi connectivity index (χ2n) is 6.85. The Morgan fingerprint density at radius 2 is 2.07 bits per heavy atom. The molecule has 0 aliphatic carbocycles. The molecule has 146 valence electrons. The van der Waals surface area contributed by atoms with Crippen molar-refractivity contribution in [3.8, 4) is 5.75 Å². The minimum Gasteiger partial charge on any atom is -0.471 e. The molecule has 2 heterocycles. The van der Waals surface area contributed by atoms with Gasteiger partial charge >= 0.3 is 0 Å². The summed E-state index contributed by atoms with van der Waals surface area (Å²) in [5.41, 5.74) is 2.63. The van der Waals surface area contributed by atoms with E-state index in [1.165, 1.54) is 0 Å². The van der Waals surface area contributed by atoms with Crippen LogP contribution >= 0.6 is 0 Å². The van der Waals surface area contributed by atoms with Crippen LogP contribution in [-0.4, -0.2) is 60.0 Å². The molecule has 7 heteroatoms. The van der Waals surface area contributed by atoms with E-state index in [0.29, 0.717) is 12.2 Å². The lowest BCUT2D eigenvalue weighted by atomic mass is 10.1. The van der Waals surface area contributed by atoms with Crippen molar-refractivity contribution in [1.29, 1.82) is 0 Å². The van der Waals surface area contributed by atoms with Crippen molar-refractivity contribution in [3.63, 3.8) is 0 Å². The Bertz CT molecular complexity index is 753. The molecular weight excluding hydrogens is 344 g/mol. The molecule has 0 spiro atoms. The Labute approximate surface area is 160 Å². The van der Waals surface area contributed by atoms with Crippen LogP contribution in [0.2, 0.25) is 0 Å². The molecule has 0 atom stereocenters. The van der Waals surface area contributed by atoms with E-state index in [4.69, 9.17) is 9.47 Å². The average Bonchev–Trinajstić information content (AvgIpc) is 3.16. The predicted octanol–water partition coefficient (Wildman–Crippen LogP) is 1.99. The molecule has 1 amide bonds. The number of aryl methyl sites for hydroxylation is 2. The topological polar surface area (TPSA) is 68.6 Å². The first kappa shape index (κ1) is 19.4. The highest BCUT2D eigenvalue weighted by Crippen LogP contribution is 2.19. The summed E-state index contributed by atoms with van der Waals surface area (Å²) in [6, 6.07) is 7.80. The Morgan fingerprint density at radius 1 is 1.26 bits per heavy atom. The van der Waals surface area contributed by atoms with Crippen molar-refractivity contribution >= 4 is 5.91 Å². The predicted molar refractivity (Wildman–Crippen MR) is 103 cm³/mol. The monoisotopic (exact) mass is 372 g/mol. The van der Waals surface area contributed by atoms with Crippen LogP contribution in [0, 0.1) is 13.8 Å². The van der Waals surface area contributed by atoms with Crippen LogP contribution in [0.1, 0.15) is 28.0 Å². The summed E-state index contributed by atoms with van der Waals surface area (Å²) in [5.74, 6) is 0.682. The van der Waals surface area contributed by atoms with Gasteiger partial charge in [-0.15, -0.1) is 0 Å². The van der Waals surface area contributed by atoms with Crippen molar-refractivity contribution in [2.45, 2.75) is 27.0 Å². The zero-order valence-electron chi connectivity index (χ0n) is 16.1. The molecule has 1 saturated heterocycles. The normalized spacial score (nSPS) is 14.9. The molecule has 2 aromatic rings. The van der Waals surface area contributed by atoms with E-state index in [1.807, 2.05) is 26.0 Å². The Hall–Kier alpha value is -2.38. The van der Waals surface area contributed by atoms with Gasteiger partial charge in [0.15, 0.2) is 6.73 Å². The highest BCUT2D eigenvalue weighted by Gasteiger charge is 2.12. The number of nitrogens with one attached hydrogen (secondary N) is 1. The summed E-state index contributed by atoms with van der Waals surface area (Å²) >= 11 is 0. The maximum absolute atomic E-state index is 12.2. The summed E-state index contributed by atoms with van der Waals surface area (Å²) in [7, 11) is 0. The van der Waals surface area contributed by atoms with E-state index in [-0.39, 0.29) is 12.6 Å². The maximum atomic E-state index is 12.2. The molecule has 0 saturated carbocycles. The van der Waals surface area contributed by atoms with E-state index in [0.717, 1.165) is 56.1 Å². The van der Waals surface area contributed by atoms with Gasteiger partial charge in [-0.3, -0.25) is 9.69 Å². The lowest BCUT2D eigenvalue weighted by molar-refractivity contribution is 0.0374. The van der Waals surface area contributed by atoms with Crippen LogP contribution in [0.4, 0.5) is 0 Å². The van der Waals surface area contributed by atoms with Crippen molar-refractivity contribution in [2.24, 2.45) is 0 Å². The van der Waals surface area contributed by atoms with Gasteiger partial charge in [0.25, 0.3) is 5.91 Å². The molecule has 27 heavy (non-hydrogen) atoms. The first-order valence-electron chi connectivity index (χ1n) is 9.43. The van der Waals surface area contributed by atoms with Crippen LogP contribution in [0.3, 0.4) is 0 Å². The number of aromatic nitrogens is 2. The summed E-state index contributed by atoms with van der Waals surface area (Å²) in [5, 5.41) is 7.23. The molecule has 3 rings (SSSR count). The zero-order valence-corrected chi connectivity index (χ0v) is 16.1. The standard InChI is InChI=1S/C20H28N4O3/c1-16-4-5-17(2)19(14-16)27-15-24-9-6-18(22-24)20(25)21-7-3-8-23-10-12-26-13-11-23/h4-6,9,14H,3,7-8,10-13,15H2,1-2H3,(H,21,25). The van der Waals surface area contributed by atoms with Gasteiger partial charge in [-0.25, -0.2) is 4.68 Å². The van der Waals surface area contributed by atoms with E-state index < -0.39 is 0 Å². The smallest absolute Gasteiger partial charge is 0.271 e. The molecule has 0 radical (unpaired) electrons. The van der Waals surface area contributed by atoms with Gasteiger partial charge in [0.1, 0.15) is 11.4 Å². The Balaban J connectivity index is 1.41. The minimum atomic E-state index is -0.150. The maximum Gasteiger partial charge on any atom is 0.271 e. The average molecular weight is 372 g/mol. The fourth-order valence-electron chi connectivity index (χ4n) is 2.97. The number of nitrogens with zero attached hydrogens (tertiary/aromatic N) is 3. The summed E-state index contributed by atoms with van der Waals surface area (Å²) in [4.78, 5) is 14.6. The van der Waals surface area contributed by atoms with Gasteiger partial charge in [0, 0.05) is 25.8 Å². The van der Waals surface area contributed by atoms with Gasteiger partial charge in [-0.2, -0.15) is 5.10 Å². The number of carbonyl (C=O) groups excluding carboxylic acids is 1. The van der Waals surface area contributed by atoms with E-state index in [9.17, 15) is 4.79 Å². The summed E-state index contributed by atoms with van der Waals surface area (Å²) in [6.45, 7) is 9.47. The van der Waals surface area contributed by atoms with Crippen LogP contribution < -0.4 is 10.1 Å². The molecule has 7 nitrogen and oxygen atoms in total. The molecule has 1 aromatic carbocycles. The van der Waals surface area contributed by atoms with Gasteiger partial charge in [0.05, 0.1) is 13.2 Å². The van der Waals surface area contributed by atoms with E-state index in [2.05, 4.69) is 21.4 Å². The number of benzene rings is 1. The summed E-state index contributed by atoms with van der Waals surface area (Å²) in [6.07, 6.45) is 2.68. The molecule has 1 aromatic heterocycles. The largest absolute Gasteiger partial charge is 0.471 e. The second-order valence-corrected chi connectivity index (χ2v) is 6.85. The quantitative estimate of drug-likeness (QED) is 0.718. The fraction of sp³-hybridized carbons (Fsp3) is 0.500. The lowest BCUT2D eigenvalue weighted by Crippen LogP contribution is -2.38. The van der Waals surface area contributed by atoms with Crippen LogP contribution in [0.25, 0.3) is 0 Å². The zero-order chi connectivity index (χ0) is 19.1. The van der Waals surface area contributed by atoms with Crippen LogP contribution in [-0.2, 0) is 11.5 Å². The number of rotatable bonds is 8. The number of morpholine rings is 1. The second kappa shape index (κ2) is 9.53. The van der Waals surface area contributed by atoms with Crippen molar-refractivity contribution in [3.05, 3.63) is 47.3 Å². The molecule has 1 N–H and O–H groups in total. The molecular formula is C20H28N4O3. The van der Waals surface area contributed by atoms with Crippen molar-refractivity contribution in [2.75, 3.05) is 39.4 Å². The van der Waals surface area contributed by atoms with E-state index in [1.54, 1.807) is 16.9 Å². The van der Waals surface area contributed by atoms with Crippen LogP contribution in [0.5, 0.6) is 5.75 Å². The fourth-order valence-corrected chi connectivity index (χ4v) is 2.97. The first-order chi connectivity index (χ1) is 13.1. The SMILES string of the molecule is Cc1ccc(C)c(OCn2ccc(C(=O)NCCCN3CCOCC3)n2)c1. The number of carbonyl (C=O) groups is 1. The first-order valence-corrected chi connectivity index (χ1v) is 9.43. The van der Waals surface area contributed by atoms with Gasteiger partial charge in [-0.1, -0.05) is 12.1 Å². The third kappa shape index (κ3) is 5.80. The van der Waals surface area contributed by atoms with E-state index >= 15 is 0 Å². The van der Waals surface area contributed by atoms with Gasteiger partial charge in [0.2, 0.25) is 0 Å². The third-order valence-electron chi connectivity index (χ3n) is 4.61.